The standard InChI is InChI=1S/C23H28N2O3/c1-3-25(4-2)14-13-24-23-19-8-6-5-7-18(19)16-28-21-11-9-17(15-20(21)23)10-12-22(26)27/h5-9,11,15H,3-4,10,12-14,16H2,1-2H3,(H,26,27). The Balaban J connectivity index is 1.98. The second kappa shape index (κ2) is 9.51. The number of aliphatic carboxylic acids is 1. The van der Waals surface area contributed by atoms with Gasteiger partial charge in [-0.1, -0.05) is 44.2 Å². The van der Waals surface area contributed by atoms with Gasteiger partial charge in [0.15, 0.2) is 0 Å². The number of aliphatic imine (C=N–C) groups is 1. The second-order valence-corrected chi connectivity index (χ2v) is 6.93. The molecule has 5 heteroatoms. The Labute approximate surface area is 166 Å². The van der Waals surface area contributed by atoms with E-state index in [1.165, 1.54) is 0 Å². The molecule has 1 aliphatic heterocycles. The van der Waals surface area contributed by atoms with Gasteiger partial charge in [0.2, 0.25) is 0 Å². The first kappa shape index (κ1) is 20.1. The summed E-state index contributed by atoms with van der Waals surface area (Å²) in [6, 6.07) is 14.1. The summed E-state index contributed by atoms with van der Waals surface area (Å²) in [4.78, 5) is 18.3. The van der Waals surface area contributed by atoms with Crippen LogP contribution in [0.2, 0.25) is 0 Å². The van der Waals surface area contributed by atoms with E-state index in [0.717, 1.165) is 53.3 Å². The summed E-state index contributed by atoms with van der Waals surface area (Å²) in [6.07, 6.45) is 0.613. The average Bonchev–Trinajstić information content (AvgIpc) is 2.86. The number of carbonyl (C=O) groups is 1. The van der Waals surface area contributed by atoms with E-state index in [-0.39, 0.29) is 6.42 Å². The van der Waals surface area contributed by atoms with E-state index < -0.39 is 5.97 Å². The molecule has 0 amide bonds. The lowest BCUT2D eigenvalue weighted by Crippen LogP contribution is -2.26. The Morgan fingerprint density at radius 2 is 1.93 bits per heavy atom. The molecule has 0 atom stereocenters. The third kappa shape index (κ3) is 4.78. The Morgan fingerprint density at radius 1 is 1.14 bits per heavy atom. The minimum absolute atomic E-state index is 0.116. The molecule has 3 rings (SSSR count). The van der Waals surface area contributed by atoms with Crippen molar-refractivity contribution in [3.05, 3.63) is 64.7 Å². The van der Waals surface area contributed by atoms with Crippen molar-refractivity contribution >= 4 is 11.7 Å². The highest BCUT2D eigenvalue weighted by atomic mass is 16.5. The zero-order chi connectivity index (χ0) is 19.9. The fourth-order valence-electron chi connectivity index (χ4n) is 3.49. The highest BCUT2D eigenvalue weighted by molar-refractivity contribution is 6.15. The minimum atomic E-state index is -0.787. The lowest BCUT2D eigenvalue weighted by Gasteiger charge is -2.17. The molecule has 2 aromatic carbocycles. The zero-order valence-electron chi connectivity index (χ0n) is 16.6. The van der Waals surface area contributed by atoms with Crippen LogP contribution in [-0.4, -0.2) is 47.9 Å². The lowest BCUT2D eigenvalue weighted by atomic mass is 9.96. The van der Waals surface area contributed by atoms with Crippen molar-refractivity contribution in [2.45, 2.75) is 33.3 Å². The minimum Gasteiger partial charge on any atom is -0.488 e. The van der Waals surface area contributed by atoms with Crippen LogP contribution in [0.1, 0.15) is 42.5 Å². The zero-order valence-corrected chi connectivity index (χ0v) is 16.6. The number of likely N-dealkylation sites (N-methyl/N-ethyl adjacent to an activating group) is 1. The summed E-state index contributed by atoms with van der Waals surface area (Å²) in [5.74, 6) is 0.0153. The number of rotatable bonds is 8. The summed E-state index contributed by atoms with van der Waals surface area (Å²) in [5.41, 5.74) is 5.09. The van der Waals surface area contributed by atoms with Gasteiger partial charge in [0.1, 0.15) is 12.4 Å². The summed E-state index contributed by atoms with van der Waals surface area (Å²) < 4.78 is 6.05. The fraction of sp³-hybridized carbons (Fsp3) is 0.391. The lowest BCUT2D eigenvalue weighted by molar-refractivity contribution is -0.136. The van der Waals surface area contributed by atoms with Gasteiger partial charge < -0.3 is 14.7 Å². The van der Waals surface area contributed by atoms with E-state index in [0.29, 0.717) is 19.6 Å². The first-order chi connectivity index (χ1) is 13.6. The van der Waals surface area contributed by atoms with Gasteiger partial charge in [-0.2, -0.15) is 0 Å². The SMILES string of the molecule is CCN(CC)CCN=C1c2ccccc2COc2ccc(CCC(=O)O)cc21. The number of aryl methyl sites for hydroxylation is 1. The van der Waals surface area contributed by atoms with Crippen LogP contribution < -0.4 is 4.74 Å². The van der Waals surface area contributed by atoms with E-state index in [1.807, 2.05) is 30.3 Å². The number of ether oxygens (including phenoxy) is 1. The molecule has 0 saturated heterocycles. The van der Waals surface area contributed by atoms with Crippen molar-refractivity contribution in [1.82, 2.24) is 4.90 Å². The van der Waals surface area contributed by atoms with Crippen molar-refractivity contribution in [3.63, 3.8) is 0 Å². The number of nitrogens with zero attached hydrogens (tertiary/aromatic N) is 2. The smallest absolute Gasteiger partial charge is 0.303 e. The van der Waals surface area contributed by atoms with Crippen LogP contribution in [0.3, 0.4) is 0 Å². The summed E-state index contributed by atoms with van der Waals surface area (Å²) in [5, 5.41) is 9.00. The summed E-state index contributed by atoms with van der Waals surface area (Å²) in [6.45, 7) is 8.48. The number of fused-ring (bicyclic) bond motifs is 2. The van der Waals surface area contributed by atoms with Crippen molar-refractivity contribution < 1.29 is 14.6 Å². The monoisotopic (exact) mass is 380 g/mol. The van der Waals surface area contributed by atoms with Gasteiger partial charge in [0, 0.05) is 24.1 Å². The largest absolute Gasteiger partial charge is 0.488 e. The number of hydrogen-bond acceptors (Lipinski definition) is 4. The van der Waals surface area contributed by atoms with Crippen molar-refractivity contribution in [3.8, 4) is 5.75 Å². The third-order valence-corrected chi connectivity index (χ3v) is 5.16. The second-order valence-electron chi connectivity index (χ2n) is 6.93. The van der Waals surface area contributed by atoms with Gasteiger partial charge in [0.05, 0.1) is 12.3 Å². The summed E-state index contributed by atoms with van der Waals surface area (Å²) >= 11 is 0. The molecule has 0 aliphatic carbocycles. The Hall–Kier alpha value is -2.66. The summed E-state index contributed by atoms with van der Waals surface area (Å²) in [7, 11) is 0. The van der Waals surface area contributed by atoms with Crippen LogP contribution in [0.5, 0.6) is 5.75 Å². The first-order valence-electron chi connectivity index (χ1n) is 9.95. The molecule has 0 fully saturated rings. The Kier molecular flexibility index (Phi) is 6.82. The van der Waals surface area contributed by atoms with Gasteiger partial charge >= 0.3 is 5.97 Å². The quantitative estimate of drug-likeness (QED) is 0.757. The van der Waals surface area contributed by atoms with E-state index in [2.05, 4.69) is 30.9 Å². The molecule has 1 heterocycles. The van der Waals surface area contributed by atoms with Crippen LogP contribution in [0, 0.1) is 0 Å². The molecule has 148 valence electrons. The van der Waals surface area contributed by atoms with Gasteiger partial charge in [-0.05, 0) is 42.8 Å². The highest BCUT2D eigenvalue weighted by Gasteiger charge is 2.21. The number of carboxylic acids is 1. The number of benzene rings is 2. The van der Waals surface area contributed by atoms with Crippen LogP contribution in [0.25, 0.3) is 0 Å². The molecular weight excluding hydrogens is 352 g/mol. The van der Waals surface area contributed by atoms with Crippen molar-refractivity contribution in [1.29, 1.82) is 0 Å². The molecule has 2 aromatic rings. The normalized spacial score (nSPS) is 14.3. The van der Waals surface area contributed by atoms with Crippen LogP contribution in [0.15, 0.2) is 47.5 Å². The topological polar surface area (TPSA) is 62.1 Å². The average molecular weight is 380 g/mol. The maximum Gasteiger partial charge on any atom is 0.303 e. The van der Waals surface area contributed by atoms with Crippen LogP contribution >= 0.6 is 0 Å². The first-order valence-corrected chi connectivity index (χ1v) is 9.95. The fourth-order valence-corrected chi connectivity index (χ4v) is 3.49. The number of hydrogen-bond donors (Lipinski definition) is 1. The van der Waals surface area contributed by atoms with E-state index >= 15 is 0 Å². The number of carboxylic acid groups (broad SMARTS) is 1. The Morgan fingerprint density at radius 3 is 2.68 bits per heavy atom. The molecule has 1 N–H and O–H groups in total. The predicted octanol–water partition coefficient (Wildman–Crippen LogP) is 3.78. The van der Waals surface area contributed by atoms with Crippen molar-refractivity contribution in [2.75, 3.05) is 26.2 Å². The molecule has 0 radical (unpaired) electrons. The maximum absolute atomic E-state index is 11.0. The molecule has 28 heavy (non-hydrogen) atoms. The van der Waals surface area contributed by atoms with Crippen LogP contribution in [0.4, 0.5) is 0 Å². The third-order valence-electron chi connectivity index (χ3n) is 5.16. The van der Waals surface area contributed by atoms with E-state index in [9.17, 15) is 4.79 Å². The molecule has 0 unspecified atom stereocenters. The highest BCUT2D eigenvalue weighted by Crippen LogP contribution is 2.30. The van der Waals surface area contributed by atoms with Gasteiger partial charge in [0.25, 0.3) is 0 Å². The van der Waals surface area contributed by atoms with Gasteiger partial charge in [-0.15, -0.1) is 0 Å². The molecule has 5 nitrogen and oxygen atoms in total. The molecule has 1 aliphatic rings. The van der Waals surface area contributed by atoms with Crippen molar-refractivity contribution in [2.24, 2.45) is 4.99 Å². The predicted molar refractivity (Wildman–Crippen MR) is 111 cm³/mol. The molecule has 0 spiro atoms. The maximum atomic E-state index is 11.0. The van der Waals surface area contributed by atoms with Gasteiger partial charge in [-0.3, -0.25) is 9.79 Å². The molecule has 0 bridgehead atoms. The van der Waals surface area contributed by atoms with E-state index in [1.54, 1.807) is 0 Å². The Bertz CT molecular complexity index is 857. The molecule has 0 aromatic heterocycles. The van der Waals surface area contributed by atoms with Crippen LogP contribution in [-0.2, 0) is 17.8 Å². The molecular formula is C23H28N2O3. The molecule has 0 saturated carbocycles. The van der Waals surface area contributed by atoms with Gasteiger partial charge in [-0.25, -0.2) is 0 Å². The van der Waals surface area contributed by atoms with E-state index in [4.69, 9.17) is 14.8 Å².